The van der Waals surface area contributed by atoms with Crippen molar-refractivity contribution in [2.24, 2.45) is 0 Å². The van der Waals surface area contributed by atoms with Gasteiger partial charge in [0.1, 0.15) is 17.5 Å². The highest BCUT2D eigenvalue weighted by atomic mass is 19.1. The largest absolute Gasteiger partial charge is 0.360 e. The van der Waals surface area contributed by atoms with Crippen molar-refractivity contribution in [3.8, 4) is 6.07 Å². The average Bonchev–Trinajstić information content (AvgIpc) is 2.50. The van der Waals surface area contributed by atoms with Gasteiger partial charge in [0.05, 0.1) is 0 Å². The molecule has 2 aromatic rings. The van der Waals surface area contributed by atoms with Crippen molar-refractivity contribution in [2.45, 2.75) is 6.92 Å². The molecule has 5 heteroatoms. The molecule has 2 aromatic carbocycles. The molecule has 0 spiro atoms. The molecule has 2 N–H and O–H groups in total. The maximum atomic E-state index is 13.1. The third-order valence-corrected chi connectivity index (χ3v) is 2.97. The zero-order valence-electron chi connectivity index (χ0n) is 11.9. The zero-order valence-corrected chi connectivity index (χ0v) is 11.9. The number of aryl methyl sites for hydroxylation is 1. The van der Waals surface area contributed by atoms with E-state index in [4.69, 9.17) is 5.26 Å². The summed E-state index contributed by atoms with van der Waals surface area (Å²) in [7, 11) is 0. The van der Waals surface area contributed by atoms with E-state index >= 15 is 0 Å². The number of hydrogen-bond acceptors (Lipinski definition) is 3. The average molecular weight is 295 g/mol. The highest BCUT2D eigenvalue weighted by Crippen LogP contribution is 2.14. The van der Waals surface area contributed by atoms with E-state index in [-0.39, 0.29) is 5.57 Å². The van der Waals surface area contributed by atoms with Gasteiger partial charge in [0.2, 0.25) is 0 Å². The fourth-order valence-electron chi connectivity index (χ4n) is 1.79. The fraction of sp³-hybridized carbons (Fsp3) is 0.0588. The molecule has 0 fully saturated rings. The predicted molar refractivity (Wildman–Crippen MR) is 83.5 cm³/mol. The molecule has 0 atom stereocenters. The van der Waals surface area contributed by atoms with Crippen LogP contribution in [0.2, 0.25) is 0 Å². The summed E-state index contributed by atoms with van der Waals surface area (Å²) in [4.78, 5) is 12.1. The van der Waals surface area contributed by atoms with E-state index < -0.39 is 11.7 Å². The van der Waals surface area contributed by atoms with Crippen molar-refractivity contribution in [1.82, 2.24) is 0 Å². The van der Waals surface area contributed by atoms with Crippen molar-refractivity contribution in [2.75, 3.05) is 10.6 Å². The molecule has 0 bridgehead atoms. The van der Waals surface area contributed by atoms with Crippen LogP contribution in [0.5, 0.6) is 0 Å². The Kier molecular flexibility index (Phi) is 4.89. The normalized spacial score (nSPS) is 10.7. The quantitative estimate of drug-likeness (QED) is 0.669. The van der Waals surface area contributed by atoms with Crippen LogP contribution >= 0.6 is 0 Å². The molecular formula is C17H14FN3O. The summed E-state index contributed by atoms with van der Waals surface area (Å²) in [6.07, 6.45) is 1.25. The molecule has 0 aliphatic carbocycles. The Morgan fingerprint density at radius 2 is 2.00 bits per heavy atom. The van der Waals surface area contributed by atoms with Crippen molar-refractivity contribution >= 4 is 17.3 Å². The van der Waals surface area contributed by atoms with E-state index in [1.807, 2.05) is 25.1 Å². The standard InChI is InChI=1S/C17H14FN3O/c1-12-5-2-3-8-16(12)21-17(22)13(10-19)11-20-15-7-4-6-14(18)9-15/h2-9,11,20H,1H3,(H,21,22)/b13-11-. The van der Waals surface area contributed by atoms with Crippen molar-refractivity contribution in [3.63, 3.8) is 0 Å². The van der Waals surface area contributed by atoms with Gasteiger partial charge in [-0.05, 0) is 36.8 Å². The number of carbonyl (C=O) groups excluding carboxylic acids is 1. The molecule has 0 saturated carbocycles. The number of anilines is 2. The third-order valence-electron chi connectivity index (χ3n) is 2.97. The summed E-state index contributed by atoms with van der Waals surface area (Å²) in [6, 6.07) is 14.8. The molecule has 2 rings (SSSR count). The Labute approximate surface area is 127 Å². The molecular weight excluding hydrogens is 281 g/mol. The second-order valence-electron chi connectivity index (χ2n) is 4.59. The van der Waals surface area contributed by atoms with Crippen molar-refractivity contribution in [1.29, 1.82) is 5.26 Å². The summed E-state index contributed by atoms with van der Waals surface area (Å²) in [5, 5.41) is 14.5. The monoisotopic (exact) mass is 295 g/mol. The van der Waals surface area contributed by atoms with Crippen LogP contribution in [0, 0.1) is 24.1 Å². The van der Waals surface area contributed by atoms with Crippen molar-refractivity contribution < 1.29 is 9.18 Å². The minimum absolute atomic E-state index is 0.104. The topological polar surface area (TPSA) is 64.9 Å². The first kappa shape index (κ1) is 15.3. The molecule has 0 unspecified atom stereocenters. The Hall–Kier alpha value is -3.13. The number of halogens is 1. The molecule has 110 valence electrons. The summed E-state index contributed by atoms with van der Waals surface area (Å²) >= 11 is 0. The summed E-state index contributed by atoms with van der Waals surface area (Å²) in [6.45, 7) is 1.86. The second kappa shape index (κ2) is 7.04. The molecule has 1 amide bonds. The van der Waals surface area contributed by atoms with Gasteiger partial charge in [-0.25, -0.2) is 4.39 Å². The smallest absolute Gasteiger partial charge is 0.267 e. The lowest BCUT2D eigenvalue weighted by Crippen LogP contribution is -2.15. The number of rotatable bonds is 4. The van der Waals surface area contributed by atoms with Crippen LogP contribution in [0.3, 0.4) is 0 Å². The summed E-state index contributed by atoms with van der Waals surface area (Å²) in [5.41, 5.74) is 1.88. The Morgan fingerprint density at radius 1 is 1.23 bits per heavy atom. The number of carbonyl (C=O) groups is 1. The summed E-state index contributed by atoms with van der Waals surface area (Å²) in [5.74, 6) is -0.929. The van der Waals surface area contributed by atoms with Gasteiger partial charge in [-0.1, -0.05) is 24.3 Å². The number of nitrogens with zero attached hydrogens (tertiary/aromatic N) is 1. The molecule has 22 heavy (non-hydrogen) atoms. The number of nitriles is 1. The fourth-order valence-corrected chi connectivity index (χ4v) is 1.79. The SMILES string of the molecule is Cc1ccccc1NC(=O)/C(C#N)=C\Nc1cccc(F)c1. The van der Waals surface area contributed by atoms with E-state index in [2.05, 4.69) is 10.6 Å². The van der Waals surface area contributed by atoms with Crippen molar-refractivity contribution in [3.05, 3.63) is 71.7 Å². The highest BCUT2D eigenvalue weighted by molar-refractivity contribution is 6.07. The van der Waals surface area contributed by atoms with Crippen LogP contribution < -0.4 is 10.6 Å². The van der Waals surface area contributed by atoms with Gasteiger partial charge < -0.3 is 10.6 Å². The Balaban J connectivity index is 2.11. The number of hydrogen-bond donors (Lipinski definition) is 2. The van der Waals surface area contributed by atoms with Crippen LogP contribution in [-0.2, 0) is 4.79 Å². The maximum absolute atomic E-state index is 13.1. The number of benzene rings is 2. The van der Waals surface area contributed by atoms with Gasteiger partial charge in [0, 0.05) is 17.6 Å². The van der Waals surface area contributed by atoms with E-state index in [0.29, 0.717) is 11.4 Å². The first-order valence-corrected chi connectivity index (χ1v) is 6.59. The number of para-hydroxylation sites is 1. The number of amides is 1. The van der Waals surface area contributed by atoms with Crippen LogP contribution in [0.1, 0.15) is 5.56 Å². The zero-order chi connectivity index (χ0) is 15.9. The van der Waals surface area contributed by atoms with Gasteiger partial charge >= 0.3 is 0 Å². The van der Waals surface area contributed by atoms with Gasteiger partial charge in [0.15, 0.2) is 0 Å². The van der Waals surface area contributed by atoms with Crippen LogP contribution in [0.4, 0.5) is 15.8 Å². The van der Waals surface area contributed by atoms with Gasteiger partial charge in [0.25, 0.3) is 5.91 Å². The first-order valence-electron chi connectivity index (χ1n) is 6.59. The molecule has 4 nitrogen and oxygen atoms in total. The van der Waals surface area contributed by atoms with E-state index in [1.165, 1.54) is 24.4 Å². The molecule has 0 heterocycles. The predicted octanol–water partition coefficient (Wildman–Crippen LogP) is 3.59. The highest BCUT2D eigenvalue weighted by Gasteiger charge is 2.10. The maximum Gasteiger partial charge on any atom is 0.267 e. The number of nitrogens with one attached hydrogen (secondary N) is 2. The molecule has 0 radical (unpaired) electrons. The van der Waals surface area contributed by atoms with Gasteiger partial charge in [-0.2, -0.15) is 5.26 Å². The van der Waals surface area contributed by atoms with E-state index in [1.54, 1.807) is 18.2 Å². The lowest BCUT2D eigenvalue weighted by molar-refractivity contribution is -0.112. The summed E-state index contributed by atoms with van der Waals surface area (Å²) < 4.78 is 13.1. The first-order chi connectivity index (χ1) is 10.6. The molecule has 0 aromatic heterocycles. The lowest BCUT2D eigenvalue weighted by Gasteiger charge is -2.07. The third kappa shape index (κ3) is 3.93. The van der Waals surface area contributed by atoms with Crippen LogP contribution in [-0.4, -0.2) is 5.91 Å². The van der Waals surface area contributed by atoms with E-state index in [0.717, 1.165) is 5.56 Å². The molecule has 0 saturated heterocycles. The lowest BCUT2D eigenvalue weighted by atomic mass is 10.2. The Bertz CT molecular complexity index is 762. The molecule has 0 aliphatic rings. The van der Waals surface area contributed by atoms with Gasteiger partial charge in [-0.3, -0.25) is 4.79 Å². The van der Waals surface area contributed by atoms with E-state index in [9.17, 15) is 9.18 Å². The Morgan fingerprint density at radius 3 is 2.68 bits per heavy atom. The van der Waals surface area contributed by atoms with Crippen LogP contribution in [0.15, 0.2) is 60.3 Å². The van der Waals surface area contributed by atoms with Gasteiger partial charge in [-0.15, -0.1) is 0 Å². The minimum Gasteiger partial charge on any atom is -0.360 e. The van der Waals surface area contributed by atoms with Crippen LogP contribution in [0.25, 0.3) is 0 Å². The minimum atomic E-state index is -0.527. The molecule has 0 aliphatic heterocycles. The second-order valence-corrected chi connectivity index (χ2v) is 4.59.